The van der Waals surface area contributed by atoms with Gasteiger partial charge in [-0.25, -0.2) is 4.79 Å². The zero-order valence-electron chi connectivity index (χ0n) is 10.7. The third kappa shape index (κ3) is 3.30. The van der Waals surface area contributed by atoms with Crippen molar-refractivity contribution in [2.24, 2.45) is 0 Å². The first-order valence-corrected chi connectivity index (χ1v) is 5.44. The van der Waals surface area contributed by atoms with Crippen molar-refractivity contribution in [1.29, 1.82) is 0 Å². The van der Waals surface area contributed by atoms with E-state index in [1.165, 1.54) is 0 Å². The summed E-state index contributed by atoms with van der Waals surface area (Å²) in [5.41, 5.74) is 3.55. The number of halogens is 3. The number of carbonyl (C=O) groups is 1. The Morgan fingerprint density at radius 3 is 2.16 bits per heavy atom. The predicted octanol–water partition coefficient (Wildman–Crippen LogP) is 3.57. The molecule has 19 heavy (non-hydrogen) atoms. The first-order chi connectivity index (χ1) is 8.44. The Kier molecular flexibility index (Phi) is 3.70. The van der Waals surface area contributed by atoms with Gasteiger partial charge in [-0.2, -0.15) is 13.2 Å². The molecule has 0 aliphatic rings. The van der Waals surface area contributed by atoms with Crippen molar-refractivity contribution in [2.75, 3.05) is 10.6 Å². The average Bonchev–Trinajstić information content (AvgIpc) is 2.16. The minimum absolute atomic E-state index is 0.0228. The van der Waals surface area contributed by atoms with Crippen LogP contribution in [0.4, 0.5) is 29.3 Å². The second-order valence-corrected chi connectivity index (χ2v) is 5.06. The van der Waals surface area contributed by atoms with E-state index in [1.54, 1.807) is 20.8 Å². The summed E-state index contributed by atoms with van der Waals surface area (Å²) in [5, 5.41) is 9.17. The maximum absolute atomic E-state index is 12.7. The summed E-state index contributed by atoms with van der Waals surface area (Å²) in [6.45, 7) is 4.71. The molecule has 4 nitrogen and oxygen atoms in total. The molecule has 1 rings (SSSR count). The van der Waals surface area contributed by atoms with Gasteiger partial charge in [0.15, 0.2) is 0 Å². The molecule has 0 saturated heterocycles. The lowest BCUT2D eigenvalue weighted by atomic mass is 10.0. The molecule has 0 saturated carbocycles. The van der Waals surface area contributed by atoms with Crippen LogP contribution in [0.2, 0.25) is 0 Å². The Labute approximate surface area is 108 Å². The number of nitrogens with zero attached hydrogens (tertiary/aromatic N) is 1. The maximum Gasteiger partial charge on any atom is 0.416 e. The van der Waals surface area contributed by atoms with E-state index >= 15 is 0 Å². The quantitative estimate of drug-likeness (QED) is 0.770. The van der Waals surface area contributed by atoms with Gasteiger partial charge in [0, 0.05) is 5.54 Å². The Bertz CT molecular complexity index is 493. The van der Waals surface area contributed by atoms with Gasteiger partial charge in [0.1, 0.15) is 0 Å². The van der Waals surface area contributed by atoms with Crippen LogP contribution in [0.1, 0.15) is 26.3 Å². The second-order valence-electron chi connectivity index (χ2n) is 5.06. The van der Waals surface area contributed by atoms with Gasteiger partial charge in [0.2, 0.25) is 0 Å². The van der Waals surface area contributed by atoms with E-state index in [2.05, 4.69) is 0 Å². The van der Waals surface area contributed by atoms with Gasteiger partial charge >= 0.3 is 12.3 Å². The number of nitrogen functional groups attached to an aromatic ring is 1. The van der Waals surface area contributed by atoms with Gasteiger partial charge in [0.05, 0.1) is 16.9 Å². The summed E-state index contributed by atoms with van der Waals surface area (Å²) in [6.07, 6.45) is -5.91. The minimum atomic E-state index is -4.55. The predicted molar refractivity (Wildman–Crippen MR) is 66.1 cm³/mol. The highest BCUT2D eigenvalue weighted by Gasteiger charge is 2.34. The molecule has 3 N–H and O–H groups in total. The van der Waals surface area contributed by atoms with Crippen LogP contribution in [0.3, 0.4) is 0 Å². The second kappa shape index (κ2) is 4.64. The summed E-state index contributed by atoms with van der Waals surface area (Å²) in [6, 6.07) is 2.62. The molecule has 0 fully saturated rings. The van der Waals surface area contributed by atoms with Crippen LogP contribution >= 0.6 is 0 Å². The molecule has 1 aromatic carbocycles. The van der Waals surface area contributed by atoms with Gasteiger partial charge in [-0.15, -0.1) is 0 Å². The summed E-state index contributed by atoms with van der Waals surface area (Å²) < 4.78 is 38.0. The van der Waals surface area contributed by atoms with Gasteiger partial charge in [-0.05, 0) is 39.0 Å². The molecule has 0 atom stereocenters. The molecule has 0 aliphatic heterocycles. The SMILES string of the molecule is CC(C)(C)N(C(=O)O)c1cc(C(F)(F)F)ccc1N. The van der Waals surface area contributed by atoms with Crippen LogP contribution < -0.4 is 10.6 Å². The van der Waals surface area contributed by atoms with Crippen LogP contribution in [-0.4, -0.2) is 16.7 Å². The van der Waals surface area contributed by atoms with Crippen molar-refractivity contribution in [1.82, 2.24) is 0 Å². The zero-order valence-corrected chi connectivity index (χ0v) is 10.7. The minimum Gasteiger partial charge on any atom is -0.465 e. The van der Waals surface area contributed by atoms with E-state index in [0.29, 0.717) is 0 Å². The van der Waals surface area contributed by atoms with Crippen molar-refractivity contribution in [3.8, 4) is 0 Å². The molecule has 0 aliphatic carbocycles. The van der Waals surface area contributed by atoms with Crippen molar-refractivity contribution in [3.63, 3.8) is 0 Å². The molecule has 1 aromatic rings. The number of hydrogen-bond donors (Lipinski definition) is 2. The smallest absolute Gasteiger partial charge is 0.416 e. The number of benzene rings is 1. The zero-order chi connectivity index (χ0) is 15.0. The largest absolute Gasteiger partial charge is 0.465 e. The Hall–Kier alpha value is -1.92. The number of nitrogens with two attached hydrogens (primary N) is 1. The summed E-state index contributed by atoms with van der Waals surface area (Å²) in [5.74, 6) is 0. The maximum atomic E-state index is 12.7. The number of anilines is 2. The van der Waals surface area contributed by atoms with Crippen molar-refractivity contribution < 1.29 is 23.1 Å². The lowest BCUT2D eigenvalue weighted by Crippen LogP contribution is -2.45. The molecule has 0 bridgehead atoms. The number of rotatable bonds is 1. The lowest BCUT2D eigenvalue weighted by molar-refractivity contribution is -0.137. The molecular weight excluding hydrogens is 261 g/mol. The van der Waals surface area contributed by atoms with Gasteiger partial charge in [-0.3, -0.25) is 4.90 Å². The first kappa shape index (κ1) is 15.1. The molecule has 0 heterocycles. The molecule has 0 unspecified atom stereocenters. The number of amides is 1. The van der Waals surface area contributed by atoms with Crippen molar-refractivity contribution in [2.45, 2.75) is 32.5 Å². The molecule has 0 radical (unpaired) electrons. The van der Waals surface area contributed by atoms with E-state index in [0.717, 1.165) is 23.1 Å². The Morgan fingerprint density at radius 1 is 1.26 bits per heavy atom. The van der Waals surface area contributed by atoms with E-state index in [-0.39, 0.29) is 11.4 Å². The summed E-state index contributed by atoms with van der Waals surface area (Å²) in [7, 11) is 0. The average molecular weight is 276 g/mol. The highest BCUT2D eigenvalue weighted by molar-refractivity contribution is 5.92. The highest BCUT2D eigenvalue weighted by atomic mass is 19.4. The Balaban J connectivity index is 3.43. The fraction of sp³-hybridized carbons (Fsp3) is 0.417. The van der Waals surface area contributed by atoms with Crippen LogP contribution in [0.5, 0.6) is 0 Å². The van der Waals surface area contributed by atoms with Crippen LogP contribution in [0.15, 0.2) is 18.2 Å². The number of alkyl halides is 3. The lowest BCUT2D eigenvalue weighted by Gasteiger charge is -2.34. The topological polar surface area (TPSA) is 66.6 Å². The molecule has 106 valence electrons. The molecule has 0 spiro atoms. The third-order valence-electron chi connectivity index (χ3n) is 2.46. The number of carboxylic acid groups (broad SMARTS) is 1. The first-order valence-electron chi connectivity index (χ1n) is 5.44. The summed E-state index contributed by atoms with van der Waals surface area (Å²) >= 11 is 0. The van der Waals surface area contributed by atoms with Gasteiger partial charge in [-0.1, -0.05) is 0 Å². The molecule has 0 aromatic heterocycles. The molecular formula is C12H15F3N2O2. The molecule has 1 amide bonds. The standard InChI is InChI=1S/C12H15F3N2O2/c1-11(2,3)17(10(18)19)9-6-7(12(13,14)15)4-5-8(9)16/h4-6H,16H2,1-3H3,(H,18,19). The van der Waals surface area contributed by atoms with Crippen molar-refractivity contribution >= 4 is 17.5 Å². The fourth-order valence-corrected chi connectivity index (χ4v) is 1.66. The van der Waals surface area contributed by atoms with E-state index in [1.807, 2.05) is 0 Å². The van der Waals surface area contributed by atoms with Gasteiger partial charge in [0.25, 0.3) is 0 Å². The van der Waals surface area contributed by atoms with E-state index in [9.17, 15) is 18.0 Å². The normalized spacial score (nSPS) is 12.3. The fourth-order valence-electron chi connectivity index (χ4n) is 1.66. The third-order valence-corrected chi connectivity index (χ3v) is 2.46. The van der Waals surface area contributed by atoms with Crippen LogP contribution in [0, 0.1) is 0 Å². The van der Waals surface area contributed by atoms with Crippen molar-refractivity contribution in [3.05, 3.63) is 23.8 Å². The Morgan fingerprint density at radius 2 is 1.79 bits per heavy atom. The van der Waals surface area contributed by atoms with Crippen LogP contribution in [-0.2, 0) is 6.18 Å². The molecule has 7 heteroatoms. The highest BCUT2D eigenvalue weighted by Crippen LogP contribution is 2.36. The van der Waals surface area contributed by atoms with Gasteiger partial charge < -0.3 is 10.8 Å². The van der Waals surface area contributed by atoms with E-state index < -0.39 is 23.4 Å². The van der Waals surface area contributed by atoms with Crippen LogP contribution in [0.25, 0.3) is 0 Å². The monoisotopic (exact) mass is 276 g/mol. The number of hydrogen-bond acceptors (Lipinski definition) is 2. The summed E-state index contributed by atoms with van der Waals surface area (Å²) in [4.78, 5) is 12.1. The van der Waals surface area contributed by atoms with E-state index in [4.69, 9.17) is 10.8 Å².